The van der Waals surface area contributed by atoms with Crippen LogP contribution in [0.3, 0.4) is 0 Å². The highest BCUT2D eigenvalue weighted by Crippen LogP contribution is 2.24. The number of hydrogen-bond acceptors (Lipinski definition) is 2. The summed E-state index contributed by atoms with van der Waals surface area (Å²) in [6.07, 6.45) is 0. The first kappa shape index (κ1) is 14.0. The van der Waals surface area contributed by atoms with Crippen LogP contribution in [0.15, 0.2) is 24.3 Å². The summed E-state index contributed by atoms with van der Waals surface area (Å²) in [5.41, 5.74) is 1.07. The zero-order chi connectivity index (χ0) is 12.9. The lowest BCUT2D eigenvalue weighted by molar-refractivity contribution is 0.259. The van der Waals surface area contributed by atoms with Crippen LogP contribution in [0, 0.1) is 0 Å². The topological polar surface area (TPSA) is 38.3 Å². The van der Waals surface area contributed by atoms with Crippen LogP contribution in [0.4, 0.5) is 4.79 Å². The van der Waals surface area contributed by atoms with E-state index in [1.165, 1.54) is 5.56 Å². The van der Waals surface area contributed by atoms with Crippen LogP contribution in [-0.2, 0) is 5.41 Å². The average molecular weight is 300 g/mol. The summed E-state index contributed by atoms with van der Waals surface area (Å²) in [6.45, 7) is 7.40. The first-order valence-corrected chi connectivity index (χ1v) is 6.41. The summed E-state index contributed by atoms with van der Waals surface area (Å²) in [5.74, 6) is 0.872. The van der Waals surface area contributed by atoms with Gasteiger partial charge >= 0.3 is 0 Å². The van der Waals surface area contributed by atoms with E-state index < -0.39 is 0 Å². The van der Waals surface area contributed by atoms with Gasteiger partial charge in [-0.05, 0) is 24.6 Å². The first-order valence-electron chi connectivity index (χ1n) is 5.62. The maximum absolute atomic E-state index is 10.8. The molecule has 0 aromatic heterocycles. The molecule has 0 atom stereocenters. The van der Waals surface area contributed by atoms with Crippen molar-refractivity contribution in [1.82, 2.24) is 5.32 Å². The van der Waals surface area contributed by atoms with Gasteiger partial charge in [-0.3, -0.25) is 4.79 Å². The minimum absolute atomic E-state index is 0.103. The Kier molecular flexibility index (Phi) is 5.00. The van der Waals surface area contributed by atoms with Gasteiger partial charge in [0.15, 0.2) is 0 Å². The Labute approximate surface area is 111 Å². The quantitative estimate of drug-likeness (QED) is 0.668. The molecule has 0 fully saturated rings. The van der Waals surface area contributed by atoms with E-state index in [2.05, 4.69) is 35.1 Å². The molecular formula is C13H18BrNO2. The highest BCUT2D eigenvalue weighted by molar-refractivity contribution is 9.18. The number of nitrogens with one attached hydrogen (secondary N) is 1. The third kappa shape index (κ3) is 4.38. The largest absolute Gasteiger partial charge is 0.494 e. The minimum atomic E-state index is -0.184. The lowest BCUT2D eigenvalue weighted by Crippen LogP contribution is -2.34. The number of ether oxygens (including phenoxy) is 1. The SMILES string of the molecule is CCOc1ccc(C(C)(C)CNC(=O)Br)cc1. The number of benzene rings is 1. The van der Waals surface area contributed by atoms with Crippen LogP contribution in [0.5, 0.6) is 5.75 Å². The molecular weight excluding hydrogens is 282 g/mol. The molecule has 0 saturated carbocycles. The number of rotatable bonds is 5. The van der Waals surface area contributed by atoms with Crippen molar-refractivity contribution in [2.75, 3.05) is 13.2 Å². The second-order valence-electron chi connectivity index (χ2n) is 4.47. The van der Waals surface area contributed by atoms with E-state index in [-0.39, 0.29) is 10.2 Å². The summed E-state index contributed by atoms with van der Waals surface area (Å²) in [4.78, 5) is 10.7. The Morgan fingerprint density at radius 1 is 1.35 bits per heavy atom. The summed E-state index contributed by atoms with van der Waals surface area (Å²) >= 11 is 2.86. The van der Waals surface area contributed by atoms with Gasteiger partial charge in [0.2, 0.25) is 0 Å². The highest BCUT2D eigenvalue weighted by atomic mass is 79.9. The van der Waals surface area contributed by atoms with E-state index in [0.717, 1.165) is 5.75 Å². The molecule has 3 nitrogen and oxygen atoms in total. The van der Waals surface area contributed by atoms with E-state index in [4.69, 9.17) is 4.74 Å². The molecule has 1 rings (SSSR count). The fourth-order valence-corrected chi connectivity index (χ4v) is 1.70. The zero-order valence-electron chi connectivity index (χ0n) is 10.4. The number of amides is 1. The molecule has 17 heavy (non-hydrogen) atoms. The maximum atomic E-state index is 10.8. The molecule has 0 heterocycles. The molecule has 0 aliphatic carbocycles. The average Bonchev–Trinajstić information content (AvgIpc) is 2.28. The molecule has 1 N–H and O–H groups in total. The van der Waals surface area contributed by atoms with Crippen molar-refractivity contribution in [2.24, 2.45) is 0 Å². The molecule has 0 saturated heterocycles. The van der Waals surface area contributed by atoms with Crippen LogP contribution >= 0.6 is 15.9 Å². The Morgan fingerprint density at radius 3 is 2.41 bits per heavy atom. The van der Waals surface area contributed by atoms with Crippen molar-refractivity contribution < 1.29 is 9.53 Å². The molecule has 0 radical (unpaired) electrons. The molecule has 0 bridgehead atoms. The third-order valence-electron chi connectivity index (χ3n) is 2.62. The van der Waals surface area contributed by atoms with Gasteiger partial charge in [-0.2, -0.15) is 0 Å². The number of carbonyl (C=O) groups excluding carboxylic acids is 1. The molecule has 4 heteroatoms. The lowest BCUT2D eigenvalue weighted by Gasteiger charge is -2.25. The van der Waals surface area contributed by atoms with Crippen molar-refractivity contribution in [3.05, 3.63) is 29.8 Å². The predicted octanol–water partition coefficient (Wildman–Crippen LogP) is 3.47. The third-order valence-corrected chi connectivity index (χ3v) is 2.90. The molecule has 1 aromatic rings. The fourth-order valence-electron chi connectivity index (χ4n) is 1.56. The number of hydrogen-bond donors (Lipinski definition) is 1. The van der Waals surface area contributed by atoms with Gasteiger partial charge in [0.25, 0.3) is 4.82 Å². The van der Waals surface area contributed by atoms with Crippen molar-refractivity contribution >= 4 is 20.7 Å². The van der Waals surface area contributed by atoms with Crippen LogP contribution < -0.4 is 10.1 Å². The van der Waals surface area contributed by atoms with E-state index >= 15 is 0 Å². The Bertz CT molecular complexity index is 374. The maximum Gasteiger partial charge on any atom is 0.287 e. The Hall–Kier alpha value is -1.03. The summed E-state index contributed by atoms with van der Waals surface area (Å²) in [7, 11) is 0. The van der Waals surface area contributed by atoms with Gasteiger partial charge in [0, 0.05) is 27.9 Å². The normalized spacial score (nSPS) is 11.1. The van der Waals surface area contributed by atoms with Gasteiger partial charge in [0.1, 0.15) is 5.75 Å². The second-order valence-corrected chi connectivity index (χ2v) is 5.19. The smallest absolute Gasteiger partial charge is 0.287 e. The van der Waals surface area contributed by atoms with E-state index in [9.17, 15) is 4.79 Å². The van der Waals surface area contributed by atoms with Gasteiger partial charge in [-0.25, -0.2) is 0 Å². The first-order chi connectivity index (χ1) is 7.95. The Morgan fingerprint density at radius 2 is 1.94 bits per heavy atom. The molecule has 0 unspecified atom stereocenters. The summed E-state index contributed by atoms with van der Waals surface area (Å²) in [5, 5.41) is 2.77. The predicted molar refractivity (Wildman–Crippen MR) is 73.0 cm³/mol. The second kappa shape index (κ2) is 6.05. The molecule has 1 amide bonds. The molecule has 1 aromatic carbocycles. The summed E-state index contributed by atoms with van der Waals surface area (Å²) < 4.78 is 5.39. The molecule has 94 valence electrons. The summed E-state index contributed by atoms with van der Waals surface area (Å²) in [6, 6.07) is 7.98. The van der Waals surface area contributed by atoms with Crippen LogP contribution in [0.25, 0.3) is 0 Å². The van der Waals surface area contributed by atoms with Crippen LogP contribution in [0.2, 0.25) is 0 Å². The van der Waals surface area contributed by atoms with Gasteiger partial charge in [-0.15, -0.1) is 0 Å². The van der Waals surface area contributed by atoms with E-state index in [1.807, 2.05) is 31.2 Å². The lowest BCUT2D eigenvalue weighted by atomic mass is 9.84. The molecule has 0 spiro atoms. The standard InChI is InChI=1S/C13H18BrNO2/c1-4-17-11-7-5-10(6-8-11)13(2,3)9-15-12(14)16/h5-8H,4,9H2,1-3H3,(H,15,16). The van der Waals surface area contributed by atoms with Crippen molar-refractivity contribution in [2.45, 2.75) is 26.2 Å². The van der Waals surface area contributed by atoms with E-state index in [1.54, 1.807) is 0 Å². The Balaban J connectivity index is 2.73. The van der Waals surface area contributed by atoms with Crippen LogP contribution in [-0.4, -0.2) is 18.0 Å². The fraction of sp³-hybridized carbons (Fsp3) is 0.462. The highest BCUT2D eigenvalue weighted by Gasteiger charge is 2.20. The van der Waals surface area contributed by atoms with Crippen molar-refractivity contribution in [3.8, 4) is 5.75 Å². The monoisotopic (exact) mass is 299 g/mol. The van der Waals surface area contributed by atoms with Gasteiger partial charge in [-0.1, -0.05) is 26.0 Å². The zero-order valence-corrected chi connectivity index (χ0v) is 12.0. The van der Waals surface area contributed by atoms with Gasteiger partial charge in [0.05, 0.1) is 6.61 Å². The van der Waals surface area contributed by atoms with E-state index in [0.29, 0.717) is 13.2 Å². The number of halogens is 1. The molecule has 0 aliphatic rings. The molecule has 0 aliphatic heterocycles. The van der Waals surface area contributed by atoms with Crippen LogP contribution in [0.1, 0.15) is 26.3 Å². The van der Waals surface area contributed by atoms with Gasteiger partial charge < -0.3 is 10.1 Å². The number of carbonyl (C=O) groups is 1. The van der Waals surface area contributed by atoms with Crippen molar-refractivity contribution in [3.63, 3.8) is 0 Å². The van der Waals surface area contributed by atoms with Crippen molar-refractivity contribution in [1.29, 1.82) is 0 Å². The minimum Gasteiger partial charge on any atom is -0.494 e.